The molecule has 0 spiro atoms. The highest BCUT2D eigenvalue weighted by atomic mass is 33.1. The molecule has 8 atom stereocenters. The van der Waals surface area contributed by atoms with Gasteiger partial charge in [0, 0.05) is 37.3 Å². The molecule has 2 aromatic carbocycles. The minimum absolute atomic E-state index is 0.0473. The number of aromatic hydroxyl groups is 1. The van der Waals surface area contributed by atoms with Crippen molar-refractivity contribution in [3.8, 4) is 5.75 Å². The molecule has 0 saturated carbocycles. The molecular weight excluding hydrogens is 1150 g/mol. The number of hydrogen-bond donors (Lipinski definition) is 16. The monoisotopic (exact) mass is 1230 g/mol. The zero-order chi connectivity index (χ0) is 62.6. The van der Waals surface area contributed by atoms with Crippen LogP contribution in [-0.4, -0.2) is 197 Å². The molecule has 2 fully saturated rings. The Balaban J connectivity index is 1.79. The van der Waals surface area contributed by atoms with Gasteiger partial charge in [0.25, 0.3) is 0 Å². The third-order valence-electron chi connectivity index (χ3n) is 13.0. The molecule has 464 valence electrons. The highest BCUT2D eigenvalue weighted by Crippen LogP contribution is 2.26. The van der Waals surface area contributed by atoms with Crippen LogP contribution in [0, 0.1) is 0 Å². The van der Waals surface area contributed by atoms with Crippen LogP contribution in [0.1, 0.15) is 62.5 Å². The van der Waals surface area contributed by atoms with Crippen molar-refractivity contribution in [1.29, 1.82) is 0 Å². The molecule has 20 N–H and O–H groups in total. The number of nitrogens with zero attached hydrogens (tertiary/aromatic N) is 1. The summed E-state index contributed by atoms with van der Waals surface area (Å²) < 4.78 is 0. The molecule has 0 unspecified atom stereocenters. The summed E-state index contributed by atoms with van der Waals surface area (Å²) >= 11 is 0. The number of hydrogen-bond acceptors (Lipinski definition) is 19. The second kappa shape index (κ2) is 35.5. The molecule has 2 aliphatic heterocycles. The molecule has 0 aliphatic carbocycles. The number of phenolic OH excluding ortho intramolecular Hbond substituents is 1. The van der Waals surface area contributed by atoms with Crippen LogP contribution in [0.5, 0.6) is 5.75 Å². The van der Waals surface area contributed by atoms with Gasteiger partial charge >= 0.3 is 5.97 Å². The molecule has 0 aromatic heterocycles. The number of amides is 13. The maximum absolute atomic E-state index is 14.7. The number of rotatable bonds is 24. The Labute approximate surface area is 495 Å². The molecule has 2 aliphatic rings. The zero-order valence-electron chi connectivity index (χ0n) is 46.2. The highest BCUT2D eigenvalue weighted by molar-refractivity contribution is 8.76. The highest BCUT2D eigenvalue weighted by Gasteiger charge is 2.40. The van der Waals surface area contributed by atoms with Gasteiger partial charge in [0.1, 0.15) is 54.1 Å². The van der Waals surface area contributed by atoms with Gasteiger partial charge in [-0.25, -0.2) is 4.79 Å². The molecule has 0 radical (unpaired) electrons. The average molecular weight is 1230 g/mol. The molecule has 31 nitrogen and oxygen atoms in total. The van der Waals surface area contributed by atoms with Crippen LogP contribution < -0.4 is 76.1 Å². The number of primary amides is 2. The van der Waals surface area contributed by atoms with Gasteiger partial charge in [-0.05, 0) is 68.3 Å². The van der Waals surface area contributed by atoms with Gasteiger partial charge in [0.15, 0.2) is 0 Å². The van der Waals surface area contributed by atoms with Crippen LogP contribution in [0.15, 0.2) is 54.6 Å². The summed E-state index contributed by atoms with van der Waals surface area (Å²) in [5, 5.41) is 44.7. The van der Waals surface area contributed by atoms with E-state index in [1.807, 2.05) is 0 Å². The van der Waals surface area contributed by atoms with Crippen LogP contribution in [0.25, 0.3) is 0 Å². The fourth-order valence-corrected chi connectivity index (χ4v) is 10.9. The van der Waals surface area contributed by atoms with Crippen molar-refractivity contribution in [2.75, 3.05) is 50.8 Å². The summed E-state index contributed by atoms with van der Waals surface area (Å²) in [6.45, 7) is -2.03. The lowest BCUT2D eigenvalue weighted by Gasteiger charge is -2.30. The predicted octanol–water partition coefficient (Wildman–Crippen LogP) is -6.38. The fourth-order valence-electron chi connectivity index (χ4n) is 8.58. The fraction of sp³-hybridized carbons (Fsp3) is 0.500. The van der Waals surface area contributed by atoms with E-state index in [9.17, 15) is 77.3 Å². The first kappa shape index (κ1) is 68.9. The van der Waals surface area contributed by atoms with Crippen LogP contribution in [0.4, 0.5) is 0 Å². The van der Waals surface area contributed by atoms with Crippen molar-refractivity contribution in [2.45, 2.75) is 113 Å². The zero-order valence-corrected chi connectivity index (χ0v) is 47.9. The summed E-state index contributed by atoms with van der Waals surface area (Å²) in [7, 11) is 1.72. The van der Waals surface area contributed by atoms with E-state index in [2.05, 4.69) is 53.2 Å². The summed E-state index contributed by atoms with van der Waals surface area (Å²) in [6.07, 6.45) is -1.35. The number of carbonyl (C=O) groups is 14. The van der Waals surface area contributed by atoms with Gasteiger partial charge in [0.05, 0.1) is 32.6 Å². The number of carboxylic acid groups (broad SMARTS) is 1. The third kappa shape index (κ3) is 24.3. The van der Waals surface area contributed by atoms with Crippen molar-refractivity contribution in [3.05, 3.63) is 65.7 Å². The van der Waals surface area contributed by atoms with Crippen molar-refractivity contribution < 1.29 is 77.3 Å². The minimum atomic E-state index is -2.05. The Kier molecular flexibility index (Phi) is 28.8. The number of carboxylic acids is 1. The summed E-state index contributed by atoms with van der Waals surface area (Å²) in [5.74, 6) is -14.6. The maximum Gasteiger partial charge on any atom is 0.326 e. The van der Waals surface area contributed by atoms with Crippen molar-refractivity contribution in [3.63, 3.8) is 0 Å². The van der Waals surface area contributed by atoms with E-state index in [0.717, 1.165) is 26.5 Å². The minimum Gasteiger partial charge on any atom is -0.508 e. The summed E-state index contributed by atoms with van der Waals surface area (Å²) in [6, 6.07) is 1.17. The molecule has 0 bridgehead atoms. The lowest BCUT2D eigenvalue weighted by atomic mass is 10.0. The lowest BCUT2D eigenvalue weighted by Crippen LogP contribution is -2.60. The molecule has 33 heteroatoms. The Morgan fingerprint density at radius 1 is 0.659 bits per heavy atom. The Hall–Kier alpha value is -8.56. The van der Waals surface area contributed by atoms with Gasteiger partial charge in [-0.2, -0.15) is 0 Å². The molecule has 85 heavy (non-hydrogen) atoms. The number of carbonyl (C=O) groups excluding carboxylic acids is 13. The summed E-state index contributed by atoms with van der Waals surface area (Å²) in [4.78, 5) is 189. The van der Waals surface area contributed by atoms with Crippen molar-refractivity contribution >= 4 is 104 Å². The average Bonchev–Trinajstić information content (AvgIpc) is 3.82. The molecule has 2 heterocycles. The van der Waals surface area contributed by atoms with E-state index in [1.165, 1.54) is 24.3 Å². The quantitative estimate of drug-likeness (QED) is 0.0343. The van der Waals surface area contributed by atoms with E-state index in [0.29, 0.717) is 24.0 Å². The first-order chi connectivity index (χ1) is 40.5. The second-order valence-electron chi connectivity index (χ2n) is 19.6. The molecule has 2 aromatic rings. The smallest absolute Gasteiger partial charge is 0.326 e. The summed E-state index contributed by atoms with van der Waals surface area (Å²) in [5.41, 5.74) is 22.4. The first-order valence-corrected chi connectivity index (χ1v) is 29.4. The van der Waals surface area contributed by atoms with Crippen molar-refractivity contribution in [2.24, 2.45) is 22.9 Å². The molecule has 13 amide bonds. The van der Waals surface area contributed by atoms with Gasteiger partial charge in [-0.15, -0.1) is 0 Å². The van der Waals surface area contributed by atoms with Gasteiger partial charge in [0.2, 0.25) is 76.8 Å². The van der Waals surface area contributed by atoms with Gasteiger partial charge < -0.3 is 91.2 Å². The van der Waals surface area contributed by atoms with Crippen molar-refractivity contribution in [1.82, 2.24) is 58.1 Å². The van der Waals surface area contributed by atoms with E-state index in [1.54, 1.807) is 30.3 Å². The number of nitrogens with one attached hydrogen (secondary N) is 10. The normalized spacial score (nSPS) is 21.3. The second-order valence-corrected chi connectivity index (χ2v) is 22.2. The lowest BCUT2D eigenvalue weighted by molar-refractivity contribution is -0.145. The van der Waals surface area contributed by atoms with Crippen LogP contribution in [0.2, 0.25) is 0 Å². The maximum atomic E-state index is 14.7. The standard InChI is InChI=1S/C52H73N15O16S2/c53-17-5-4-9-31(45(75)59-23-40(56)70)63-50(80)38-10-6-18-67(38)51(81)37-27-85-84-26-36(60-44(74)25-58-43(73)24-57-42(72)22-54)49(79)65-34(20-29-11-13-30(68)14-12-29)48(78)64-33(19-28-7-2-1-3-8-28)47(77)62-32(15-16-39(55)69)46(76)66-35(52(82)83)21-41(71)61-37/h1-3,7-8,11-14,31-38,68H,4-6,9-10,15-27,53-54H2,(H2,55,69)(H2,56,70)(H,57,72)(H,58,73)(H,59,75)(H,60,74)(H,61,71)(H,62,77)(H,63,80)(H,64,78)(H,65,79)(H,66,76)(H,82,83)/t31-,32-,33-,34-,35-,36-,37-,38-/m0/s1. The van der Waals surface area contributed by atoms with E-state index < -0.39 is 177 Å². The number of nitrogens with two attached hydrogens (primary N) is 4. The third-order valence-corrected chi connectivity index (χ3v) is 15.4. The first-order valence-electron chi connectivity index (χ1n) is 27.0. The Bertz CT molecular complexity index is 2730. The molecule has 2 saturated heterocycles. The number of unbranched alkanes of at least 4 members (excludes halogenated alkanes) is 1. The van der Waals surface area contributed by atoms with E-state index in [4.69, 9.17) is 22.9 Å². The van der Waals surface area contributed by atoms with Gasteiger partial charge in [-0.1, -0.05) is 64.1 Å². The Morgan fingerprint density at radius 3 is 1.88 bits per heavy atom. The van der Waals surface area contributed by atoms with Crippen LogP contribution in [0.3, 0.4) is 0 Å². The van der Waals surface area contributed by atoms with Gasteiger partial charge in [-0.3, -0.25) is 62.3 Å². The van der Waals surface area contributed by atoms with E-state index >= 15 is 0 Å². The topological polar surface area (TPSA) is 507 Å². The van der Waals surface area contributed by atoms with Crippen LogP contribution in [-0.2, 0) is 80.0 Å². The molecular formula is C52H73N15O16S2. The van der Waals surface area contributed by atoms with Crippen LogP contribution >= 0.6 is 21.6 Å². The number of phenols is 1. The molecule has 4 rings (SSSR count). The SMILES string of the molecule is NCCCC[C@H](NC(=O)[C@@H]1CCCN1C(=O)[C@@H]1CSSC[C@H](NC(=O)CNC(=O)CNC(=O)CN)C(=O)N[C@@H](Cc2ccc(O)cc2)C(=O)N[C@@H](Cc2ccccc2)C(=O)N[C@@H](CCC(N)=O)C(=O)N[C@H](C(=O)O)CC(=O)N1)C(=O)NCC(N)=O. The number of likely N-dealkylation sites (tertiary alicyclic amines) is 1. The number of aliphatic carboxylic acids is 1. The predicted molar refractivity (Wildman–Crippen MR) is 306 cm³/mol. The largest absolute Gasteiger partial charge is 0.508 e. The van der Waals surface area contributed by atoms with E-state index in [-0.39, 0.29) is 62.4 Å². The Morgan fingerprint density at radius 2 is 1.26 bits per heavy atom. The number of benzene rings is 2.